The van der Waals surface area contributed by atoms with E-state index in [0.717, 1.165) is 16.1 Å². The highest BCUT2D eigenvalue weighted by atomic mass is 32.2. The Balaban J connectivity index is 1.99. The lowest BCUT2D eigenvalue weighted by molar-refractivity contribution is 0.0973. The molecule has 9 nitrogen and oxygen atoms in total. The smallest absolute Gasteiger partial charge is 0.296 e. The summed E-state index contributed by atoms with van der Waals surface area (Å²) >= 11 is 0. The van der Waals surface area contributed by atoms with E-state index in [2.05, 4.69) is 4.98 Å². The van der Waals surface area contributed by atoms with Crippen LogP contribution >= 0.6 is 0 Å². The predicted octanol–water partition coefficient (Wildman–Crippen LogP) is 0.781. The summed E-state index contributed by atoms with van der Waals surface area (Å²) in [6.07, 6.45) is 1.27. The first-order valence-corrected chi connectivity index (χ1v) is 11.6. The Kier molecular flexibility index (Phi) is 6.58. The minimum atomic E-state index is -3.62. The first-order valence-electron chi connectivity index (χ1n) is 9.72. The predicted molar refractivity (Wildman–Crippen MR) is 112 cm³/mol. The molecule has 0 aliphatic carbocycles. The zero-order valence-electron chi connectivity index (χ0n) is 17.6. The Labute approximate surface area is 179 Å². The molecule has 11 heteroatoms. The maximum atomic E-state index is 13.1. The minimum Gasteiger partial charge on any atom is -0.501 e. The molecule has 168 valence electrons. The third-order valence-corrected chi connectivity index (χ3v) is 6.74. The maximum Gasteiger partial charge on any atom is 0.296 e. The van der Waals surface area contributed by atoms with Crippen LogP contribution in [0, 0.1) is 5.82 Å². The van der Waals surface area contributed by atoms with Crippen LogP contribution in [0.5, 0.6) is 5.75 Å². The highest BCUT2D eigenvalue weighted by Crippen LogP contribution is 2.25. The topological polar surface area (TPSA) is 113 Å². The lowest BCUT2D eigenvalue weighted by Crippen LogP contribution is -2.38. The zero-order chi connectivity index (χ0) is 22.9. The van der Waals surface area contributed by atoms with E-state index in [9.17, 15) is 27.5 Å². The molecular formula is C20H25FN4O5S. The molecule has 2 heterocycles. The minimum absolute atomic E-state index is 0.0540. The molecule has 1 N–H and O–H groups in total. The number of halogens is 1. The van der Waals surface area contributed by atoms with Crippen LogP contribution in [0.1, 0.15) is 34.3 Å². The molecule has 1 aromatic carbocycles. The first kappa shape index (κ1) is 23.0. The number of benzene rings is 1. The van der Waals surface area contributed by atoms with Gasteiger partial charge >= 0.3 is 0 Å². The highest BCUT2D eigenvalue weighted by molar-refractivity contribution is 7.88. The summed E-state index contributed by atoms with van der Waals surface area (Å²) in [5.41, 5.74) is -0.441. The van der Waals surface area contributed by atoms with Crippen molar-refractivity contribution in [2.24, 2.45) is 0 Å². The van der Waals surface area contributed by atoms with Crippen LogP contribution < -0.4 is 5.56 Å². The maximum absolute atomic E-state index is 13.1. The van der Waals surface area contributed by atoms with Crippen LogP contribution in [0.25, 0.3) is 0 Å². The molecule has 0 radical (unpaired) electrons. The molecule has 1 atom stereocenters. The van der Waals surface area contributed by atoms with Gasteiger partial charge in [-0.25, -0.2) is 17.8 Å². The summed E-state index contributed by atoms with van der Waals surface area (Å²) in [7, 11) is -0.444. The number of aryl methyl sites for hydroxylation is 1. The van der Waals surface area contributed by atoms with E-state index in [0.29, 0.717) is 6.54 Å². The van der Waals surface area contributed by atoms with Gasteiger partial charge in [0.15, 0.2) is 11.5 Å². The second-order valence-electron chi connectivity index (χ2n) is 7.73. The van der Waals surface area contributed by atoms with Crippen molar-refractivity contribution in [3.63, 3.8) is 0 Å². The Hall–Kier alpha value is -2.63. The third kappa shape index (κ3) is 5.00. The van der Waals surface area contributed by atoms with Gasteiger partial charge < -0.3 is 10.0 Å². The lowest BCUT2D eigenvalue weighted by Gasteiger charge is -2.27. The van der Waals surface area contributed by atoms with E-state index in [1.165, 1.54) is 23.7 Å². The number of hydrogen-bond acceptors (Lipinski definition) is 7. The first-order chi connectivity index (χ1) is 14.5. The van der Waals surface area contributed by atoms with Crippen LogP contribution in [-0.4, -0.2) is 71.5 Å². The number of hydrogen-bond donors (Lipinski definition) is 1. The number of aromatic hydroxyl groups is 1. The van der Waals surface area contributed by atoms with Crippen LogP contribution in [0.15, 0.2) is 29.1 Å². The van der Waals surface area contributed by atoms with E-state index in [1.54, 1.807) is 19.2 Å². The summed E-state index contributed by atoms with van der Waals surface area (Å²) in [6, 6.07) is 4.86. The van der Waals surface area contributed by atoms with Crippen LogP contribution in [0.4, 0.5) is 4.39 Å². The highest BCUT2D eigenvalue weighted by Gasteiger charge is 2.33. The number of carbonyl (C=O) groups is 1. The molecule has 0 amide bonds. The number of ketones is 1. The van der Waals surface area contributed by atoms with Gasteiger partial charge in [0.2, 0.25) is 15.8 Å². The van der Waals surface area contributed by atoms with Gasteiger partial charge in [-0.05, 0) is 31.2 Å². The number of carbonyl (C=O) groups excluding carboxylic acids is 1. The number of Topliss-reactive ketones (excluding diaryl/α,β-unsaturated/α-hetero) is 1. The molecule has 0 spiro atoms. The van der Waals surface area contributed by atoms with Gasteiger partial charge in [0.1, 0.15) is 11.6 Å². The summed E-state index contributed by atoms with van der Waals surface area (Å²) in [5.74, 6) is -1.58. The molecular weight excluding hydrogens is 427 g/mol. The van der Waals surface area contributed by atoms with Crippen LogP contribution in [0.2, 0.25) is 0 Å². The Morgan fingerprint density at radius 1 is 1.29 bits per heavy atom. The largest absolute Gasteiger partial charge is 0.501 e. The van der Waals surface area contributed by atoms with Crippen molar-refractivity contribution in [2.75, 3.05) is 33.4 Å². The van der Waals surface area contributed by atoms with E-state index in [1.807, 2.05) is 4.90 Å². The second-order valence-corrected chi connectivity index (χ2v) is 9.77. The number of rotatable bonds is 6. The summed E-state index contributed by atoms with van der Waals surface area (Å²) in [5, 5.41) is 10.4. The summed E-state index contributed by atoms with van der Waals surface area (Å²) in [4.78, 5) is 31.7. The fourth-order valence-electron chi connectivity index (χ4n) is 3.50. The average Bonchev–Trinajstić information content (AvgIpc) is 2.87. The SMILES string of the molecule is CN1CCn2c(nc(C(=O)CCc3ccc(F)cc3)c(O)c2=O)C(N(C)S(C)(=O)=O)C1. The zero-order valence-corrected chi connectivity index (χ0v) is 18.4. The van der Waals surface area contributed by atoms with Gasteiger partial charge in [-0.2, -0.15) is 4.31 Å². The molecule has 1 aromatic heterocycles. The van der Waals surface area contributed by atoms with Crippen molar-refractivity contribution >= 4 is 15.8 Å². The lowest BCUT2D eigenvalue weighted by atomic mass is 10.1. The van der Waals surface area contributed by atoms with Gasteiger partial charge in [-0.15, -0.1) is 0 Å². The third-order valence-electron chi connectivity index (χ3n) is 5.44. The van der Waals surface area contributed by atoms with Crippen molar-refractivity contribution in [1.82, 2.24) is 18.8 Å². The van der Waals surface area contributed by atoms with E-state index in [-0.39, 0.29) is 43.3 Å². The molecule has 1 unspecified atom stereocenters. The Bertz CT molecular complexity index is 1150. The van der Waals surface area contributed by atoms with Crippen LogP contribution in [0.3, 0.4) is 0 Å². The van der Waals surface area contributed by atoms with Gasteiger partial charge in [0, 0.05) is 33.1 Å². The molecule has 1 aliphatic rings. The van der Waals surface area contributed by atoms with Crippen molar-refractivity contribution in [1.29, 1.82) is 0 Å². The fourth-order valence-corrected chi connectivity index (χ4v) is 4.12. The van der Waals surface area contributed by atoms with Crippen molar-refractivity contribution in [2.45, 2.75) is 25.4 Å². The fraction of sp³-hybridized carbons (Fsp3) is 0.450. The number of likely N-dealkylation sites (N-methyl/N-ethyl adjacent to an activating group) is 2. The van der Waals surface area contributed by atoms with E-state index < -0.39 is 33.2 Å². The van der Waals surface area contributed by atoms with Gasteiger partial charge in [0.25, 0.3) is 5.56 Å². The van der Waals surface area contributed by atoms with Gasteiger partial charge in [0.05, 0.1) is 12.3 Å². The quantitative estimate of drug-likeness (QED) is 0.645. The summed E-state index contributed by atoms with van der Waals surface area (Å²) < 4.78 is 39.7. The van der Waals surface area contributed by atoms with Crippen molar-refractivity contribution < 1.29 is 22.7 Å². The number of aromatic nitrogens is 2. The second kappa shape index (κ2) is 8.85. The van der Waals surface area contributed by atoms with Crippen LogP contribution in [-0.2, 0) is 23.0 Å². The monoisotopic (exact) mass is 452 g/mol. The molecule has 0 saturated heterocycles. The van der Waals surface area contributed by atoms with Crippen molar-refractivity contribution in [3.8, 4) is 5.75 Å². The number of fused-ring (bicyclic) bond motifs is 1. The Morgan fingerprint density at radius 3 is 2.55 bits per heavy atom. The van der Waals surface area contributed by atoms with Gasteiger partial charge in [-0.1, -0.05) is 12.1 Å². The van der Waals surface area contributed by atoms with Gasteiger partial charge in [-0.3, -0.25) is 14.2 Å². The number of sulfonamides is 1. The molecule has 0 fully saturated rings. The Morgan fingerprint density at radius 2 is 1.94 bits per heavy atom. The normalized spacial score (nSPS) is 17.4. The summed E-state index contributed by atoms with van der Waals surface area (Å²) in [6.45, 7) is 0.910. The van der Waals surface area contributed by atoms with E-state index in [4.69, 9.17) is 0 Å². The molecule has 0 saturated carbocycles. The van der Waals surface area contributed by atoms with E-state index >= 15 is 0 Å². The molecule has 31 heavy (non-hydrogen) atoms. The molecule has 1 aliphatic heterocycles. The standard InChI is InChI=1S/C20H25FN4O5S/c1-23-10-11-25-19(15(12-23)24(2)31(3,29)30)22-17(18(27)20(25)28)16(26)9-6-13-4-7-14(21)8-5-13/h4-5,7-8,15,27H,6,9-12H2,1-3H3. The van der Waals surface area contributed by atoms with Crippen molar-refractivity contribution in [3.05, 3.63) is 57.5 Å². The molecule has 0 bridgehead atoms. The number of nitrogens with zero attached hydrogens (tertiary/aromatic N) is 4. The molecule has 2 aromatic rings. The molecule has 3 rings (SSSR count). The average molecular weight is 453 g/mol.